The van der Waals surface area contributed by atoms with Gasteiger partial charge in [0.2, 0.25) is 18.6 Å². The minimum Gasteiger partial charge on any atom is -0.454 e. The maximum absolute atomic E-state index is 12.3. The van der Waals surface area contributed by atoms with E-state index in [-0.39, 0.29) is 25.2 Å². The molecule has 0 unspecified atom stereocenters. The third-order valence-corrected chi connectivity index (χ3v) is 4.28. The van der Waals surface area contributed by atoms with Crippen molar-refractivity contribution >= 4 is 23.4 Å². The molecule has 3 rings (SSSR count). The summed E-state index contributed by atoms with van der Waals surface area (Å²) in [6.07, 6.45) is 0. The second-order valence-corrected chi connectivity index (χ2v) is 6.33. The summed E-state index contributed by atoms with van der Waals surface area (Å²) in [7, 11) is 1.69. The van der Waals surface area contributed by atoms with Crippen molar-refractivity contribution in [2.24, 2.45) is 0 Å². The molecule has 2 aromatic rings. The lowest BCUT2D eigenvalue weighted by molar-refractivity contribution is -0.128. The maximum atomic E-state index is 12.3. The third-order valence-electron chi connectivity index (χ3n) is 4.28. The molecule has 0 radical (unpaired) electrons. The number of fused-ring (bicyclic) bond motifs is 1. The number of para-hydroxylation sites is 1. The summed E-state index contributed by atoms with van der Waals surface area (Å²) in [5.41, 5.74) is 1.77. The van der Waals surface area contributed by atoms with Crippen molar-refractivity contribution in [2.75, 3.05) is 25.7 Å². The molecule has 2 N–H and O–H groups in total. The topological polar surface area (TPSA) is 97.0 Å². The summed E-state index contributed by atoms with van der Waals surface area (Å²) in [4.78, 5) is 37.5. The van der Waals surface area contributed by atoms with Crippen LogP contribution in [-0.2, 0) is 16.1 Å². The van der Waals surface area contributed by atoms with Crippen LogP contribution < -0.4 is 20.1 Å². The molecule has 0 saturated carbocycles. The van der Waals surface area contributed by atoms with Crippen LogP contribution in [0.3, 0.4) is 0 Å². The van der Waals surface area contributed by atoms with Gasteiger partial charge >= 0.3 is 0 Å². The van der Waals surface area contributed by atoms with Gasteiger partial charge in [0.1, 0.15) is 0 Å². The van der Waals surface area contributed by atoms with Crippen LogP contribution >= 0.6 is 0 Å². The zero-order valence-corrected chi connectivity index (χ0v) is 15.7. The second kappa shape index (κ2) is 8.43. The van der Waals surface area contributed by atoms with Crippen LogP contribution in [0.1, 0.15) is 22.8 Å². The molecule has 8 heteroatoms. The van der Waals surface area contributed by atoms with E-state index >= 15 is 0 Å². The maximum Gasteiger partial charge on any atom is 0.251 e. The number of hydrogen-bond donors (Lipinski definition) is 2. The van der Waals surface area contributed by atoms with E-state index in [1.807, 2.05) is 12.1 Å². The van der Waals surface area contributed by atoms with Gasteiger partial charge in [0.05, 0.1) is 6.54 Å². The highest BCUT2D eigenvalue weighted by atomic mass is 16.7. The van der Waals surface area contributed by atoms with E-state index in [0.29, 0.717) is 29.3 Å². The number of anilines is 1. The largest absolute Gasteiger partial charge is 0.454 e. The molecule has 3 amide bonds. The van der Waals surface area contributed by atoms with Crippen LogP contribution in [0, 0.1) is 0 Å². The van der Waals surface area contributed by atoms with Gasteiger partial charge in [-0.1, -0.05) is 18.2 Å². The first-order valence-electron chi connectivity index (χ1n) is 8.71. The second-order valence-electron chi connectivity index (χ2n) is 6.33. The fourth-order valence-corrected chi connectivity index (χ4v) is 2.64. The van der Waals surface area contributed by atoms with E-state index in [1.165, 1.54) is 6.92 Å². The predicted octanol–water partition coefficient (Wildman–Crippen LogP) is 1.76. The lowest BCUT2D eigenvalue weighted by Crippen LogP contribution is -2.33. The van der Waals surface area contributed by atoms with Crippen molar-refractivity contribution in [1.82, 2.24) is 10.2 Å². The Labute approximate surface area is 162 Å². The van der Waals surface area contributed by atoms with Crippen LogP contribution in [0.15, 0.2) is 42.5 Å². The Hall–Kier alpha value is -3.55. The molecule has 0 aliphatic carbocycles. The van der Waals surface area contributed by atoms with Crippen LogP contribution in [0.5, 0.6) is 11.5 Å². The summed E-state index contributed by atoms with van der Waals surface area (Å²) >= 11 is 0. The number of benzene rings is 2. The monoisotopic (exact) mass is 383 g/mol. The van der Waals surface area contributed by atoms with Crippen LogP contribution in [0.4, 0.5) is 5.69 Å². The predicted molar refractivity (Wildman–Crippen MR) is 102 cm³/mol. The normalized spacial score (nSPS) is 11.6. The highest BCUT2D eigenvalue weighted by Crippen LogP contribution is 2.32. The van der Waals surface area contributed by atoms with Gasteiger partial charge in [-0.25, -0.2) is 0 Å². The first kappa shape index (κ1) is 19.2. The van der Waals surface area contributed by atoms with Gasteiger partial charge in [-0.15, -0.1) is 0 Å². The van der Waals surface area contributed by atoms with E-state index in [2.05, 4.69) is 10.6 Å². The zero-order chi connectivity index (χ0) is 20.1. The molecule has 1 aliphatic heterocycles. The molecule has 0 aromatic heterocycles. The Bertz CT molecular complexity index is 912. The SMILES string of the molecule is CC(=O)N(C)Cc1ccccc1NC(=O)CNC(=O)c1ccc2c(c1)OCO2. The number of amides is 3. The molecule has 0 atom stereocenters. The van der Waals surface area contributed by atoms with Crippen LogP contribution in [0.25, 0.3) is 0 Å². The fraction of sp³-hybridized carbons (Fsp3) is 0.250. The van der Waals surface area contributed by atoms with Crippen molar-refractivity contribution in [2.45, 2.75) is 13.5 Å². The highest BCUT2D eigenvalue weighted by molar-refractivity contribution is 6.00. The minimum absolute atomic E-state index is 0.0721. The number of rotatable bonds is 6. The molecule has 0 saturated heterocycles. The van der Waals surface area contributed by atoms with Gasteiger partial charge < -0.3 is 25.0 Å². The average Bonchev–Trinajstić information content (AvgIpc) is 3.15. The first-order valence-corrected chi connectivity index (χ1v) is 8.71. The number of carbonyl (C=O) groups is 3. The van der Waals surface area contributed by atoms with Crippen LogP contribution in [-0.4, -0.2) is 43.0 Å². The highest BCUT2D eigenvalue weighted by Gasteiger charge is 2.17. The van der Waals surface area contributed by atoms with Gasteiger partial charge in [-0.3, -0.25) is 14.4 Å². The molecule has 8 nitrogen and oxygen atoms in total. The van der Waals surface area contributed by atoms with E-state index in [9.17, 15) is 14.4 Å². The van der Waals surface area contributed by atoms with Crippen LogP contribution in [0.2, 0.25) is 0 Å². The van der Waals surface area contributed by atoms with Gasteiger partial charge in [0.15, 0.2) is 11.5 Å². The zero-order valence-electron chi connectivity index (χ0n) is 15.7. The standard InChI is InChI=1S/C20H21N3O5/c1-13(24)23(2)11-15-5-3-4-6-16(15)22-19(25)10-21-20(26)14-7-8-17-18(9-14)28-12-27-17/h3-9H,10-12H2,1-2H3,(H,21,26)(H,22,25). The van der Waals surface area contributed by atoms with E-state index < -0.39 is 5.91 Å². The van der Waals surface area contributed by atoms with Gasteiger partial charge in [0.25, 0.3) is 5.91 Å². The number of nitrogens with zero attached hydrogens (tertiary/aromatic N) is 1. The number of nitrogens with one attached hydrogen (secondary N) is 2. The average molecular weight is 383 g/mol. The molecule has 146 valence electrons. The molecule has 2 aromatic carbocycles. The lowest BCUT2D eigenvalue weighted by Gasteiger charge is -2.18. The Morgan fingerprint density at radius 1 is 1.07 bits per heavy atom. The Morgan fingerprint density at radius 3 is 2.61 bits per heavy atom. The van der Waals surface area contributed by atoms with Gasteiger partial charge in [-0.05, 0) is 29.8 Å². The van der Waals surface area contributed by atoms with Crippen molar-refractivity contribution < 1.29 is 23.9 Å². The molecule has 28 heavy (non-hydrogen) atoms. The number of hydrogen-bond acceptors (Lipinski definition) is 5. The Morgan fingerprint density at radius 2 is 1.82 bits per heavy atom. The van der Waals surface area contributed by atoms with Gasteiger partial charge in [0, 0.05) is 31.8 Å². The number of ether oxygens (including phenoxy) is 2. The molecule has 1 aliphatic rings. The summed E-state index contributed by atoms with van der Waals surface area (Å²) in [6, 6.07) is 12.0. The fourth-order valence-electron chi connectivity index (χ4n) is 2.64. The Kier molecular flexibility index (Phi) is 5.78. The lowest BCUT2D eigenvalue weighted by atomic mass is 10.1. The number of carbonyl (C=O) groups excluding carboxylic acids is 3. The quantitative estimate of drug-likeness (QED) is 0.792. The smallest absolute Gasteiger partial charge is 0.251 e. The molecule has 0 spiro atoms. The van der Waals surface area contributed by atoms with Gasteiger partial charge in [-0.2, -0.15) is 0 Å². The third kappa shape index (κ3) is 4.59. The van der Waals surface area contributed by atoms with E-state index in [4.69, 9.17) is 9.47 Å². The van der Waals surface area contributed by atoms with Crippen molar-refractivity contribution in [3.8, 4) is 11.5 Å². The minimum atomic E-state index is -0.391. The van der Waals surface area contributed by atoms with E-state index in [0.717, 1.165) is 5.56 Å². The molecular weight excluding hydrogens is 362 g/mol. The molecule has 0 bridgehead atoms. The molecule has 1 heterocycles. The summed E-state index contributed by atoms with van der Waals surface area (Å²) in [5.74, 6) is 0.254. The van der Waals surface area contributed by atoms with Crippen molar-refractivity contribution in [3.05, 3.63) is 53.6 Å². The summed E-state index contributed by atoms with van der Waals surface area (Å²) in [5, 5.41) is 5.34. The van der Waals surface area contributed by atoms with Crippen molar-refractivity contribution in [1.29, 1.82) is 0 Å². The summed E-state index contributed by atoms with van der Waals surface area (Å²) in [6.45, 7) is 1.79. The van der Waals surface area contributed by atoms with Crippen molar-refractivity contribution in [3.63, 3.8) is 0 Å². The summed E-state index contributed by atoms with van der Waals surface area (Å²) < 4.78 is 10.5. The first-order chi connectivity index (χ1) is 13.4. The van der Waals surface area contributed by atoms with E-state index in [1.54, 1.807) is 42.3 Å². The molecule has 0 fully saturated rings. The Balaban J connectivity index is 1.57. The molecular formula is C20H21N3O5.